The summed E-state index contributed by atoms with van der Waals surface area (Å²) in [5.74, 6) is 1.10. The van der Waals surface area contributed by atoms with Crippen molar-refractivity contribution < 1.29 is 4.90 Å². The van der Waals surface area contributed by atoms with Crippen molar-refractivity contribution in [2.24, 2.45) is 0 Å². The highest BCUT2D eigenvalue weighted by atomic mass is 32.1. The Morgan fingerprint density at radius 1 is 1.18 bits per heavy atom. The predicted octanol–water partition coefficient (Wildman–Crippen LogP) is 2.25. The number of benzene rings is 1. The summed E-state index contributed by atoms with van der Waals surface area (Å²) in [5, 5.41) is 14.0. The molecule has 2 fully saturated rings. The van der Waals surface area contributed by atoms with Gasteiger partial charge in [-0.2, -0.15) is 0 Å². The summed E-state index contributed by atoms with van der Waals surface area (Å²) < 4.78 is 3.42. The fraction of sp³-hybridized carbons (Fsp3) is 0.600. The van der Waals surface area contributed by atoms with Crippen molar-refractivity contribution in [3.63, 3.8) is 0 Å². The largest absolute Gasteiger partial charge is 0.337 e. The normalized spacial score (nSPS) is 20.2. The second-order valence-electron chi connectivity index (χ2n) is 7.99. The molecule has 0 spiro atoms. The molecule has 2 aliphatic rings. The molecule has 0 amide bonds. The van der Waals surface area contributed by atoms with Gasteiger partial charge in [-0.05, 0) is 35.4 Å². The Labute approximate surface area is 169 Å². The number of tetrazole rings is 1. The number of nitrogens with one attached hydrogen (secondary N) is 1. The summed E-state index contributed by atoms with van der Waals surface area (Å²) in [7, 11) is 0. The summed E-state index contributed by atoms with van der Waals surface area (Å²) in [4.78, 5) is 8.89. The van der Waals surface area contributed by atoms with Crippen LogP contribution in [0.4, 0.5) is 5.13 Å². The summed E-state index contributed by atoms with van der Waals surface area (Å²) in [6.45, 7) is 6.55. The lowest BCUT2D eigenvalue weighted by atomic mass is 10.1. The van der Waals surface area contributed by atoms with E-state index in [4.69, 9.17) is 4.98 Å². The zero-order chi connectivity index (χ0) is 18.9. The van der Waals surface area contributed by atoms with Crippen LogP contribution in [0.5, 0.6) is 0 Å². The summed E-state index contributed by atoms with van der Waals surface area (Å²) in [6, 6.07) is 9.30. The van der Waals surface area contributed by atoms with Gasteiger partial charge in [-0.1, -0.05) is 43.2 Å². The molecule has 2 aromatic heterocycles. The van der Waals surface area contributed by atoms with Crippen LogP contribution >= 0.6 is 11.3 Å². The molecule has 1 aromatic carbocycles. The number of hydrogen-bond donors (Lipinski definition) is 1. The monoisotopic (exact) mass is 398 g/mol. The summed E-state index contributed by atoms with van der Waals surface area (Å²) in [6.07, 6.45) is 6.11. The van der Waals surface area contributed by atoms with Gasteiger partial charge in [0.2, 0.25) is 5.82 Å². The Morgan fingerprint density at radius 2 is 1.96 bits per heavy atom. The van der Waals surface area contributed by atoms with E-state index in [0.717, 1.165) is 49.1 Å². The van der Waals surface area contributed by atoms with E-state index in [9.17, 15) is 0 Å². The fourth-order valence-corrected chi connectivity index (χ4v) is 5.84. The number of nitrogens with zero attached hydrogens (tertiary/aromatic N) is 6. The first-order valence-corrected chi connectivity index (χ1v) is 11.4. The minimum atomic E-state index is 0.383. The van der Waals surface area contributed by atoms with Crippen LogP contribution in [-0.2, 0) is 0 Å². The highest BCUT2D eigenvalue weighted by Crippen LogP contribution is 2.31. The van der Waals surface area contributed by atoms with Crippen molar-refractivity contribution >= 4 is 26.7 Å². The summed E-state index contributed by atoms with van der Waals surface area (Å²) >= 11 is 1.81. The maximum Gasteiger partial charge on any atom is 0.209 e. The topological polar surface area (TPSA) is 64.2 Å². The first-order chi connectivity index (χ1) is 13.8. The molecule has 3 heterocycles. The third kappa shape index (κ3) is 3.28. The molecule has 0 bridgehead atoms. The Bertz CT molecular complexity index is 888. The molecule has 8 heteroatoms. The molecular weight excluding hydrogens is 370 g/mol. The first-order valence-electron chi connectivity index (χ1n) is 10.6. The summed E-state index contributed by atoms with van der Waals surface area (Å²) in [5.41, 5.74) is 1.11. The van der Waals surface area contributed by atoms with Gasteiger partial charge in [0.25, 0.3) is 0 Å². The number of hydrogen-bond acceptors (Lipinski definition) is 6. The number of fused-ring (bicyclic) bond motifs is 1. The third-order valence-corrected chi connectivity index (χ3v) is 7.46. The van der Waals surface area contributed by atoms with Crippen LogP contribution in [0.3, 0.4) is 0 Å². The van der Waals surface area contributed by atoms with Gasteiger partial charge in [-0.3, -0.25) is 0 Å². The molecule has 1 atom stereocenters. The molecule has 148 valence electrons. The smallest absolute Gasteiger partial charge is 0.209 e. The van der Waals surface area contributed by atoms with E-state index >= 15 is 0 Å². The van der Waals surface area contributed by atoms with Gasteiger partial charge in [0.15, 0.2) is 5.13 Å². The number of para-hydroxylation sites is 1. The molecule has 1 aliphatic heterocycles. The van der Waals surface area contributed by atoms with Gasteiger partial charge in [0, 0.05) is 6.42 Å². The van der Waals surface area contributed by atoms with Gasteiger partial charge in [0.05, 0.1) is 42.4 Å². The van der Waals surface area contributed by atoms with Gasteiger partial charge < -0.3 is 9.80 Å². The third-order valence-electron chi connectivity index (χ3n) is 6.36. The Kier molecular flexibility index (Phi) is 4.98. The van der Waals surface area contributed by atoms with Crippen LogP contribution in [0, 0.1) is 0 Å². The van der Waals surface area contributed by atoms with Crippen molar-refractivity contribution in [1.82, 2.24) is 25.2 Å². The maximum absolute atomic E-state index is 4.84. The highest BCUT2D eigenvalue weighted by Gasteiger charge is 2.34. The lowest BCUT2D eigenvalue weighted by Crippen LogP contribution is -3.15. The molecule has 7 nitrogen and oxygen atoms in total. The van der Waals surface area contributed by atoms with Crippen molar-refractivity contribution in [2.45, 2.75) is 51.1 Å². The average molecular weight is 399 g/mol. The molecular formula is C20H28N7S+. The molecule has 0 unspecified atom stereocenters. The molecule has 5 rings (SSSR count). The second-order valence-corrected chi connectivity index (χ2v) is 9.00. The SMILES string of the molecule is CC[C@@H](c1nnnn1C1CCCC1)[NH+]1CCN(c2nc3ccccc3s2)CC1. The van der Waals surface area contributed by atoms with Crippen molar-refractivity contribution in [3.05, 3.63) is 30.1 Å². The molecule has 0 radical (unpaired) electrons. The molecule has 28 heavy (non-hydrogen) atoms. The Hall–Kier alpha value is -2.06. The van der Waals surface area contributed by atoms with Crippen LogP contribution < -0.4 is 9.80 Å². The predicted molar refractivity (Wildman–Crippen MR) is 111 cm³/mol. The van der Waals surface area contributed by atoms with Crippen molar-refractivity contribution in [3.8, 4) is 0 Å². The lowest BCUT2D eigenvalue weighted by Gasteiger charge is -2.35. The van der Waals surface area contributed by atoms with E-state index in [1.807, 2.05) is 0 Å². The van der Waals surface area contributed by atoms with Crippen LogP contribution in [0.15, 0.2) is 24.3 Å². The standard InChI is InChI=1S/C20H27N7S/c1-2-17(19-22-23-24-27(19)15-7-3-4-8-15)25-11-13-26(14-12-25)20-21-16-9-5-6-10-18(16)28-20/h5-6,9-10,15,17H,2-4,7-8,11-14H2,1H3/p+1/t17-/m0/s1. The minimum Gasteiger partial charge on any atom is -0.337 e. The van der Waals surface area contributed by atoms with E-state index < -0.39 is 0 Å². The van der Waals surface area contributed by atoms with E-state index in [1.54, 1.807) is 16.2 Å². The first kappa shape index (κ1) is 18.0. The molecule has 3 aromatic rings. The number of quaternary nitrogens is 1. The number of piperazine rings is 1. The molecule has 1 saturated carbocycles. The number of thiazole rings is 1. The van der Waals surface area contributed by atoms with Crippen LogP contribution in [0.2, 0.25) is 0 Å². The van der Waals surface area contributed by atoms with Crippen molar-refractivity contribution in [2.75, 3.05) is 31.1 Å². The van der Waals surface area contributed by atoms with Crippen molar-refractivity contribution in [1.29, 1.82) is 0 Å². The Morgan fingerprint density at radius 3 is 2.71 bits per heavy atom. The van der Waals surface area contributed by atoms with E-state index in [-0.39, 0.29) is 0 Å². The van der Waals surface area contributed by atoms with E-state index in [2.05, 4.69) is 56.3 Å². The molecule has 1 N–H and O–H groups in total. The zero-order valence-corrected chi connectivity index (χ0v) is 17.2. The van der Waals surface area contributed by atoms with Crippen LogP contribution in [-0.4, -0.2) is 51.4 Å². The lowest BCUT2D eigenvalue weighted by molar-refractivity contribution is -0.933. The van der Waals surface area contributed by atoms with Crippen LogP contribution in [0.25, 0.3) is 10.2 Å². The fourth-order valence-electron chi connectivity index (χ4n) is 4.82. The number of rotatable bonds is 5. The zero-order valence-electron chi connectivity index (χ0n) is 16.4. The average Bonchev–Trinajstić information content (AvgIpc) is 3.48. The van der Waals surface area contributed by atoms with E-state index in [1.165, 1.54) is 30.4 Å². The minimum absolute atomic E-state index is 0.383. The highest BCUT2D eigenvalue weighted by molar-refractivity contribution is 7.22. The maximum atomic E-state index is 4.84. The van der Waals surface area contributed by atoms with E-state index in [0.29, 0.717) is 12.1 Å². The Balaban J connectivity index is 1.29. The number of aromatic nitrogens is 5. The van der Waals surface area contributed by atoms with Gasteiger partial charge in [-0.25, -0.2) is 9.67 Å². The molecule has 1 saturated heterocycles. The van der Waals surface area contributed by atoms with Crippen LogP contribution in [0.1, 0.15) is 56.9 Å². The quantitative estimate of drug-likeness (QED) is 0.714. The molecule has 1 aliphatic carbocycles. The number of anilines is 1. The second kappa shape index (κ2) is 7.75. The van der Waals surface area contributed by atoms with Gasteiger partial charge in [0.1, 0.15) is 6.04 Å². The van der Waals surface area contributed by atoms with Gasteiger partial charge in [-0.15, -0.1) is 5.10 Å². The van der Waals surface area contributed by atoms with Gasteiger partial charge >= 0.3 is 0 Å².